The maximum Gasteiger partial charge on any atom is 0.212 e. The van der Waals surface area contributed by atoms with Crippen molar-refractivity contribution >= 4 is 43.1 Å². The molecule has 1 fully saturated rings. The summed E-state index contributed by atoms with van der Waals surface area (Å²) in [7, 11) is 0. The number of rotatable bonds is 4. The molecule has 132 valence electrons. The largest absolute Gasteiger partial charge is 0.367 e. The van der Waals surface area contributed by atoms with E-state index in [1.54, 1.807) is 11.3 Å². The summed E-state index contributed by atoms with van der Waals surface area (Å²) in [5, 5.41) is 4.18. The number of anilines is 1. The van der Waals surface area contributed by atoms with Gasteiger partial charge in [-0.1, -0.05) is 12.1 Å². The molecule has 0 radical (unpaired) electrons. The first-order valence-electron chi connectivity index (χ1n) is 9.09. The van der Waals surface area contributed by atoms with Gasteiger partial charge in [0.25, 0.3) is 0 Å². The van der Waals surface area contributed by atoms with Gasteiger partial charge in [-0.25, -0.2) is 4.98 Å². The van der Waals surface area contributed by atoms with Crippen LogP contribution in [0.4, 0.5) is 5.82 Å². The van der Waals surface area contributed by atoms with Gasteiger partial charge in [0.05, 0.1) is 10.9 Å². The fourth-order valence-electron chi connectivity index (χ4n) is 3.77. The zero-order valence-corrected chi connectivity index (χ0v) is 15.3. The highest BCUT2D eigenvalue weighted by Crippen LogP contribution is 2.26. The molecule has 0 bridgehead atoms. The van der Waals surface area contributed by atoms with E-state index in [1.807, 2.05) is 47.0 Å². The van der Waals surface area contributed by atoms with E-state index in [2.05, 4.69) is 15.2 Å². The van der Waals surface area contributed by atoms with Crippen molar-refractivity contribution in [2.24, 2.45) is 0 Å². The average Bonchev–Trinajstić information content (AvgIpc) is 3.31. The maximum absolute atomic E-state index is 13.0. The Morgan fingerprint density at radius 1 is 1.08 bits per heavy atom. The Labute approximate surface area is 154 Å². The Balaban J connectivity index is 1.53. The third-order valence-corrected chi connectivity index (χ3v) is 6.22. The van der Waals surface area contributed by atoms with E-state index in [9.17, 15) is 4.79 Å². The second-order valence-electron chi connectivity index (χ2n) is 6.80. The predicted octanol–water partition coefficient (Wildman–Crippen LogP) is 3.57. The minimum atomic E-state index is 0.0703. The van der Waals surface area contributed by atoms with Crippen LogP contribution < -0.4 is 10.7 Å². The van der Waals surface area contributed by atoms with Gasteiger partial charge < -0.3 is 10.2 Å². The van der Waals surface area contributed by atoms with Gasteiger partial charge in [0.2, 0.25) is 5.43 Å². The van der Waals surface area contributed by atoms with E-state index in [4.69, 9.17) is 0 Å². The Bertz CT molecular complexity index is 1160. The second kappa shape index (κ2) is 6.37. The number of likely N-dealkylation sites (tertiary alicyclic amines) is 1. The second-order valence-corrected chi connectivity index (χ2v) is 7.89. The SMILES string of the molecule is O=c1c2ccccc2sc2ccc3nc(NCCN4CCCC4)cn3c12. The quantitative estimate of drug-likeness (QED) is 0.563. The van der Waals surface area contributed by atoms with Gasteiger partial charge in [0.1, 0.15) is 17.0 Å². The zero-order chi connectivity index (χ0) is 17.5. The molecule has 1 saturated heterocycles. The topological polar surface area (TPSA) is 49.6 Å². The number of nitrogens with zero attached hydrogens (tertiary/aromatic N) is 3. The van der Waals surface area contributed by atoms with Crippen LogP contribution in [0.3, 0.4) is 0 Å². The highest BCUT2D eigenvalue weighted by Gasteiger charge is 2.13. The van der Waals surface area contributed by atoms with Crippen LogP contribution in [0.1, 0.15) is 12.8 Å². The van der Waals surface area contributed by atoms with Crippen molar-refractivity contribution in [1.29, 1.82) is 0 Å². The first kappa shape index (κ1) is 15.8. The van der Waals surface area contributed by atoms with E-state index in [1.165, 1.54) is 25.9 Å². The standard InChI is InChI=1S/C20H20N4OS/c25-20-14-5-1-2-6-15(14)26-16-7-8-18-22-17(13-24(18)19(16)20)21-9-12-23-10-3-4-11-23/h1-2,5-8,13,21H,3-4,9-12H2. The van der Waals surface area contributed by atoms with Crippen LogP contribution in [0, 0.1) is 0 Å². The molecule has 0 atom stereocenters. The number of pyridine rings is 1. The first-order valence-corrected chi connectivity index (χ1v) is 9.91. The van der Waals surface area contributed by atoms with Gasteiger partial charge in [-0.05, 0) is 50.2 Å². The number of benzene rings is 1. The van der Waals surface area contributed by atoms with Crippen LogP contribution in [0.15, 0.2) is 47.4 Å². The van der Waals surface area contributed by atoms with Crippen LogP contribution >= 0.6 is 11.3 Å². The number of imidazole rings is 1. The molecular formula is C20H20N4OS. The minimum absolute atomic E-state index is 0.0703. The fourth-order valence-corrected chi connectivity index (χ4v) is 4.84. The maximum atomic E-state index is 13.0. The van der Waals surface area contributed by atoms with Crippen LogP contribution in [0.2, 0.25) is 0 Å². The van der Waals surface area contributed by atoms with Gasteiger partial charge in [-0.3, -0.25) is 9.20 Å². The molecule has 3 aromatic heterocycles. The molecule has 1 aliphatic heterocycles. The molecule has 4 heterocycles. The molecule has 0 aliphatic carbocycles. The van der Waals surface area contributed by atoms with Crippen molar-refractivity contribution in [1.82, 2.24) is 14.3 Å². The Morgan fingerprint density at radius 3 is 2.81 bits per heavy atom. The summed E-state index contributed by atoms with van der Waals surface area (Å²) in [4.78, 5) is 20.2. The van der Waals surface area contributed by atoms with Crippen molar-refractivity contribution < 1.29 is 0 Å². The van der Waals surface area contributed by atoms with E-state index in [0.717, 1.165) is 39.3 Å². The molecule has 0 spiro atoms. The lowest BCUT2D eigenvalue weighted by molar-refractivity contribution is 0.352. The molecule has 0 amide bonds. The van der Waals surface area contributed by atoms with Gasteiger partial charge >= 0.3 is 0 Å². The molecule has 4 aromatic rings. The molecule has 1 N–H and O–H groups in total. The van der Waals surface area contributed by atoms with E-state index in [-0.39, 0.29) is 5.43 Å². The molecule has 5 rings (SSSR count). The summed E-state index contributed by atoms with van der Waals surface area (Å²) in [5.74, 6) is 0.828. The highest BCUT2D eigenvalue weighted by atomic mass is 32.1. The summed E-state index contributed by atoms with van der Waals surface area (Å²) in [5.41, 5.74) is 1.59. The molecular weight excluding hydrogens is 344 g/mol. The van der Waals surface area contributed by atoms with Crippen LogP contribution in [-0.4, -0.2) is 40.5 Å². The molecule has 1 aliphatic rings. The summed E-state index contributed by atoms with van der Waals surface area (Å²) in [6.07, 6.45) is 4.56. The van der Waals surface area contributed by atoms with Gasteiger partial charge in [0, 0.05) is 23.2 Å². The minimum Gasteiger partial charge on any atom is -0.367 e. The van der Waals surface area contributed by atoms with E-state index < -0.39 is 0 Å². The van der Waals surface area contributed by atoms with Crippen LogP contribution in [0.5, 0.6) is 0 Å². The van der Waals surface area contributed by atoms with Gasteiger partial charge in [0.15, 0.2) is 0 Å². The fraction of sp³-hybridized carbons (Fsp3) is 0.300. The Morgan fingerprint density at radius 2 is 1.92 bits per heavy atom. The van der Waals surface area contributed by atoms with Gasteiger partial charge in [-0.15, -0.1) is 11.3 Å². The highest BCUT2D eigenvalue weighted by molar-refractivity contribution is 7.24. The third kappa shape index (κ3) is 2.66. The monoisotopic (exact) mass is 364 g/mol. The molecule has 0 unspecified atom stereocenters. The summed E-state index contributed by atoms with van der Waals surface area (Å²) in [6.45, 7) is 4.31. The molecule has 6 heteroatoms. The van der Waals surface area contributed by atoms with E-state index in [0.29, 0.717) is 5.52 Å². The summed E-state index contributed by atoms with van der Waals surface area (Å²) in [6, 6.07) is 11.8. The molecule has 5 nitrogen and oxygen atoms in total. The Kier molecular flexibility index (Phi) is 3.87. The number of fused-ring (bicyclic) bond motifs is 4. The first-order chi connectivity index (χ1) is 12.8. The van der Waals surface area contributed by atoms with Crippen molar-refractivity contribution in [3.05, 3.63) is 52.8 Å². The third-order valence-electron chi connectivity index (χ3n) is 5.09. The van der Waals surface area contributed by atoms with Crippen molar-refractivity contribution in [3.8, 4) is 0 Å². The predicted molar refractivity (Wildman–Crippen MR) is 109 cm³/mol. The summed E-state index contributed by atoms with van der Waals surface area (Å²) < 4.78 is 3.94. The van der Waals surface area contributed by atoms with E-state index >= 15 is 0 Å². The number of hydrogen-bond donors (Lipinski definition) is 1. The van der Waals surface area contributed by atoms with Crippen molar-refractivity contribution in [2.75, 3.05) is 31.5 Å². The lowest BCUT2D eigenvalue weighted by Gasteiger charge is -2.14. The lowest BCUT2D eigenvalue weighted by atomic mass is 10.2. The van der Waals surface area contributed by atoms with Crippen LogP contribution in [0.25, 0.3) is 25.9 Å². The van der Waals surface area contributed by atoms with Crippen molar-refractivity contribution in [2.45, 2.75) is 12.8 Å². The molecule has 26 heavy (non-hydrogen) atoms. The summed E-state index contributed by atoms with van der Waals surface area (Å²) >= 11 is 1.65. The Hall–Kier alpha value is -2.44. The zero-order valence-electron chi connectivity index (χ0n) is 14.4. The van der Waals surface area contributed by atoms with Gasteiger partial charge in [-0.2, -0.15) is 0 Å². The smallest absolute Gasteiger partial charge is 0.212 e. The number of aromatic nitrogens is 2. The number of hydrogen-bond acceptors (Lipinski definition) is 5. The van der Waals surface area contributed by atoms with Crippen molar-refractivity contribution in [3.63, 3.8) is 0 Å². The molecule has 1 aromatic carbocycles. The molecule has 0 saturated carbocycles. The lowest BCUT2D eigenvalue weighted by Crippen LogP contribution is -2.25. The number of nitrogens with one attached hydrogen (secondary N) is 1. The normalized spacial score (nSPS) is 15.4. The average molecular weight is 364 g/mol. The van der Waals surface area contributed by atoms with Crippen LogP contribution in [-0.2, 0) is 0 Å².